The van der Waals surface area contributed by atoms with E-state index in [1.165, 1.54) is 0 Å². The number of anilines is 1. The molecule has 0 aliphatic rings. The van der Waals surface area contributed by atoms with Crippen molar-refractivity contribution in [3.05, 3.63) is 60.0 Å². The van der Waals surface area contributed by atoms with Crippen molar-refractivity contribution in [3.63, 3.8) is 0 Å². The fourth-order valence-electron chi connectivity index (χ4n) is 2.41. The van der Waals surface area contributed by atoms with Crippen LogP contribution in [0.5, 0.6) is 5.75 Å². The van der Waals surface area contributed by atoms with E-state index in [0.717, 1.165) is 22.6 Å². The number of benzene rings is 2. The third-order valence-corrected chi connectivity index (χ3v) is 3.79. The zero-order valence-electron chi connectivity index (χ0n) is 14.2. The molecule has 3 aromatic rings. The van der Waals surface area contributed by atoms with Gasteiger partial charge in [0.15, 0.2) is 0 Å². The van der Waals surface area contributed by atoms with Crippen LogP contribution in [0, 0.1) is 6.92 Å². The van der Waals surface area contributed by atoms with Gasteiger partial charge < -0.3 is 14.6 Å². The van der Waals surface area contributed by atoms with Crippen molar-refractivity contribution in [2.75, 3.05) is 12.4 Å². The summed E-state index contributed by atoms with van der Waals surface area (Å²) < 4.78 is 10.3. The Kier molecular flexibility index (Phi) is 5.09. The summed E-state index contributed by atoms with van der Waals surface area (Å²) in [6.07, 6.45) is 0.655. The first kappa shape index (κ1) is 16.7. The summed E-state index contributed by atoms with van der Waals surface area (Å²) in [6.45, 7) is 1.99. The van der Waals surface area contributed by atoms with Gasteiger partial charge in [0.25, 0.3) is 0 Å². The summed E-state index contributed by atoms with van der Waals surface area (Å²) in [4.78, 5) is 16.4. The molecule has 0 aliphatic carbocycles. The van der Waals surface area contributed by atoms with Crippen molar-refractivity contribution in [1.29, 1.82) is 0 Å². The minimum absolute atomic E-state index is 0.110. The Morgan fingerprint density at radius 3 is 2.64 bits per heavy atom. The third-order valence-electron chi connectivity index (χ3n) is 3.79. The second kappa shape index (κ2) is 7.61. The molecule has 2 aromatic carbocycles. The molecule has 128 valence electrons. The maximum absolute atomic E-state index is 12.0. The molecule has 0 radical (unpaired) electrons. The first-order valence-corrected chi connectivity index (χ1v) is 7.98. The van der Waals surface area contributed by atoms with E-state index in [9.17, 15) is 4.79 Å². The van der Waals surface area contributed by atoms with Gasteiger partial charge in [-0.25, -0.2) is 0 Å². The summed E-state index contributed by atoms with van der Waals surface area (Å²) in [7, 11) is 1.60. The Labute approximate surface area is 145 Å². The molecule has 0 saturated carbocycles. The highest BCUT2D eigenvalue weighted by Crippen LogP contribution is 2.20. The molecule has 1 aromatic heterocycles. The van der Waals surface area contributed by atoms with E-state index in [4.69, 9.17) is 9.26 Å². The fourth-order valence-corrected chi connectivity index (χ4v) is 2.41. The number of ether oxygens (including phenoxy) is 1. The van der Waals surface area contributed by atoms with Crippen molar-refractivity contribution < 1.29 is 14.1 Å². The summed E-state index contributed by atoms with van der Waals surface area (Å²) in [5.41, 5.74) is 2.73. The lowest BCUT2D eigenvalue weighted by molar-refractivity contribution is -0.116. The van der Waals surface area contributed by atoms with Gasteiger partial charge in [0.2, 0.25) is 17.6 Å². The summed E-state index contributed by atoms with van der Waals surface area (Å²) in [5.74, 6) is 1.63. The van der Waals surface area contributed by atoms with Gasteiger partial charge in [0.05, 0.1) is 7.11 Å². The number of nitrogens with one attached hydrogen (secondary N) is 1. The van der Waals surface area contributed by atoms with Crippen molar-refractivity contribution in [1.82, 2.24) is 10.1 Å². The van der Waals surface area contributed by atoms with Crippen LogP contribution in [0.25, 0.3) is 11.4 Å². The van der Waals surface area contributed by atoms with E-state index in [1.807, 2.05) is 31.2 Å². The third kappa shape index (κ3) is 4.23. The number of nitrogens with zero attached hydrogens (tertiary/aromatic N) is 2. The molecule has 25 heavy (non-hydrogen) atoms. The number of hydrogen-bond donors (Lipinski definition) is 1. The van der Waals surface area contributed by atoms with E-state index in [1.54, 1.807) is 31.4 Å². The monoisotopic (exact) mass is 337 g/mol. The van der Waals surface area contributed by atoms with Gasteiger partial charge in [0.1, 0.15) is 5.75 Å². The standard InChI is InChI=1S/C19H19N3O3/c1-13-5-3-4-6-16(13)19-21-18(25-22-19)12-11-17(23)20-14-7-9-15(24-2)10-8-14/h3-10H,11-12H2,1-2H3,(H,20,23). The van der Waals surface area contributed by atoms with Crippen LogP contribution in [-0.2, 0) is 11.2 Å². The molecule has 0 bridgehead atoms. The lowest BCUT2D eigenvalue weighted by atomic mass is 10.1. The zero-order chi connectivity index (χ0) is 17.6. The minimum atomic E-state index is -0.110. The first-order valence-electron chi connectivity index (χ1n) is 7.98. The quantitative estimate of drug-likeness (QED) is 0.743. The highest BCUT2D eigenvalue weighted by Gasteiger charge is 2.12. The number of aromatic nitrogens is 2. The molecule has 0 aliphatic heterocycles. The van der Waals surface area contributed by atoms with Crippen molar-refractivity contribution >= 4 is 11.6 Å². The van der Waals surface area contributed by atoms with E-state index in [2.05, 4.69) is 15.5 Å². The molecule has 0 fully saturated rings. The number of hydrogen-bond acceptors (Lipinski definition) is 5. The zero-order valence-corrected chi connectivity index (χ0v) is 14.2. The Hall–Kier alpha value is -3.15. The van der Waals surface area contributed by atoms with E-state index < -0.39 is 0 Å². The minimum Gasteiger partial charge on any atom is -0.497 e. The molecule has 6 nitrogen and oxygen atoms in total. The topological polar surface area (TPSA) is 77.2 Å². The lowest BCUT2D eigenvalue weighted by Gasteiger charge is -2.05. The predicted molar refractivity (Wildman–Crippen MR) is 94.4 cm³/mol. The Balaban J connectivity index is 1.56. The number of amides is 1. The van der Waals surface area contributed by atoms with Gasteiger partial charge in [-0.1, -0.05) is 29.4 Å². The first-order chi connectivity index (χ1) is 12.2. The van der Waals surface area contributed by atoms with Gasteiger partial charge >= 0.3 is 0 Å². The van der Waals surface area contributed by atoms with E-state index >= 15 is 0 Å². The smallest absolute Gasteiger partial charge is 0.227 e. The molecular formula is C19H19N3O3. The summed E-state index contributed by atoms with van der Waals surface area (Å²) >= 11 is 0. The fraction of sp³-hybridized carbons (Fsp3) is 0.211. The number of carbonyl (C=O) groups is 1. The average molecular weight is 337 g/mol. The largest absolute Gasteiger partial charge is 0.497 e. The maximum Gasteiger partial charge on any atom is 0.227 e. The van der Waals surface area contributed by atoms with Crippen molar-refractivity contribution in [3.8, 4) is 17.1 Å². The van der Waals surface area contributed by atoms with Crippen LogP contribution in [0.1, 0.15) is 17.9 Å². The molecule has 0 unspecified atom stereocenters. The van der Waals surface area contributed by atoms with Gasteiger partial charge in [-0.15, -0.1) is 0 Å². The van der Waals surface area contributed by atoms with E-state index in [-0.39, 0.29) is 12.3 Å². The normalized spacial score (nSPS) is 10.5. The lowest BCUT2D eigenvalue weighted by Crippen LogP contribution is -2.12. The van der Waals surface area contributed by atoms with Gasteiger partial charge in [-0.3, -0.25) is 4.79 Å². The predicted octanol–water partition coefficient (Wildman–Crippen LogP) is 3.62. The number of carbonyl (C=O) groups excluding carboxylic acids is 1. The number of aryl methyl sites for hydroxylation is 2. The van der Waals surface area contributed by atoms with Gasteiger partial charge in [-0.05, 0) is 36.8 Å². The van der Waals surface area contributed by atoms with Crippen LogP contribution < -0.4 is 10.1 Å². The van der Waals surface area contributed by atoms with Crippen LogP contribution in [0.3, 0.4) is 0 Å². The van der Waals surface area contributed by atoms with Crippen molar-refractivity contribution in [2.24, 2.45) is 0 Å². The van der Waals surface area contributed by atoms with Gasteiger partial charge in [0, 0.05) is 24.1 Å². The molecule has 0 atom stereocenters. The Morgan fingerprint density at radius 2 is 1.92 bits per heavy atom. The van der Waals surface area contributed by atoms with Crippen LogP contribution >= 0.6 is 0 Å². The van der Waals surface area contributed by atoms with Gasteiger partial charge in [-0.2, -0.15) is 4.98 Å². The highest BCUT2D eigenvalue weighted by atomic mass is 16.5. The molecule has 1 amide bonds. The summed E-state index contributed by atoms with van der Waals surface area (Å²) in [6, 6.07) is 15.0. The van der Waals surface area contributed by atoms with Crippen LogP contribution in [-0.4, -0.2) is 23.2 Å². The SMILES string of the molecule is COc1ccc(NC(=O)CCc2nc(-c3ccccc3C)no2)cc1. The molecule has 1 heterocycles. The second-order valence-electron chi connectivity index (χ2n) is 5.60. The molecule has 0 spiro atoms. The summed E-state index contributed by atoms with van der Waals surface area (Å²) in [5, 5.41) is 6.82. The van der Waals surface area contributed by atoms with Crippen LogP contribution in [0.15, 0.2) is 53.1 Å². The average Bonchev–Trinajstić information content (AvgIpc) is 3.10. The second-order valence-corrected chi connectivity index (χ2v) is 5.60. The molecule has 6 heteroatoms. The molecular weight excluding hydrogens is 318 g/mol. The molecule has 3 rings (SSSR count). The Bertz CT molecular complexity index is 856. The van der Waals surface area contributed by atoms with Crippen molar-refractivity contribution in [2.45, 2.75) is 19.8 Å². The maximum atomic E-state index is 12.0. The molecule has 0 saturated heterocycles. The number of rotatable bonds is 6. The van der Waals surface area contributed by atoms with Crippen LogP contribution in [0.4, 0.5) is 5.69 Å². The van der Waals surface area contributed by atoms with Crippen LogP contribution in [0.2, 0.25) is 0 Å². The van der Waals surface area contributed by atoms with E-state index in [0.29, 0.717) is 18.1 Å². The Morgan fingerprint density at radius 1 is 1.16 bits per heavy atom. The highest BCUT2D eigenvalue weighted by molar-refractivity contribution is 5.90. The number of methoxy groups -OCH3 is 1. The molecule has 1 N–H and O–H groups in total.